The van der Waals surface area contributed by atoms with Gasteiger partial charge in [0, 0.05) is 18.0 Å². The second-order valence-corrected chi connectivity index (χ2v) is 11.4. The molecule has 0 unspecified atom stereocenters. The molecule has 0 atom stereocenters. The van der Waals surface area contributed by atoms with Crippen molar-refractivity contribution in [1.29, 1.82) is 0 Å². The summed E-state index contributed by atoms with van der Waals surface area (Å²) in [7, 11) is -4.14. The topological polar surface area (TPSA) is 96.0 Å². The van der Waals surface area contributed by atoms with Gasteiger partial charge in [-0.3, -0.25) is 13.9 Å². The van der Waals surface area contributed by atoms with Gasteiger partial charge in [0.25, 0.3) is 15.9 Å². The van der Waals surface area contributed by atoms with Gasteiger partial charge in [0.1, 0.15) is 12.3 Å². The summed E-state index contributed by atoms with van der Waals surface area (Å²) in [4.78, 5) is 29.1. The summed E-state index contributed by atoms with van der Waals surface area (Å²) in [5.74, 6) is -0.391. The third kappa shape index (κ3) is 6.14. The summed E-state index contributed by atoms with van der Waals surface area (Å²) in [5.41, 5.74) is 0.966. The van der Waals surface area contributed by atoms with Crippen LogP contribution in [0.3, 0.4) is 0 Å². The molecule has 200 valence electrons. The third-order valence-corrected chi connectivity index (χ3v) is 8.71. The number of nitrogens with one attached hydrogen (secondary N) is 1. The molecule has 1 heterocycles. The molecule has 2 amide bonds. The van der Waals surface area contributed by atoms with Crippen molar-refractivity contribution >= 4 is 45.0 Å². The standard InChI is InChI=1S/C28H31N3O5S2/c1-3-36-26-13-7-6-12-25(26)31(38(34,35)22-16-14-21(37-2)15-17-22)20-27(32)29-24-11-5-4-10-23(24)28(33)30-18-8-9-19-30/h4-7,10-17H,3,8-9,18-20H2,1-2H3,(H,29,32). The molecule has 0 saturated carbocycles. The van der Waals surface area contributed by atoms with Gasteiger partial charge in [-0.05, 0) is 74.6 Å². The summed E-state index contributed by atoms with van der Waals surface area (Å²) < 4.78 is 34.4. The zero-order valence-electron chi connectivity index (χ0n) is 21.4. The van der Waals surface area contributed by atoms with E-state index in [1.54, 1.807) is 72.5 Å². The molecule has 10 heteroatoms. The Morgan fingerprint density at radius 2 is 1.63 bits per heavy atom. The highest BCUT2D eigenvalue weighted by Crippen LogP contribution is 2.33. The van der Waals surface area contributed by atoms with Crippen LogP contribution < -0.4 is 14.4 Å². The van der Waals surface area contributed by atoms with Crippen LogP contribution in [0, 0.1) is 0 Å². The number of hydrogen-bond donors (Lipinski definition) is 1. The second-order valence-electron chi connectivity index (χ2n) is 8.68. The Hall–Kier alpha value is -3.50. The maximum atomic E-state index is 13.8. The summed E-state index contributed by atoms with van der Waals surface area (Å²) >= 11 is 1.50. The van der Waals surface area contributed by atoms with Crippen molar-refractivity contribution in [2.24, 2.45) is 0 Å². The summed E-state index contributed by atoms with van der Waals surface area (Å²) in [6, 6.07) is 20.0. The lowest BCUT2D eigenvalue weighted by atomic mass is 10.1. The Labute approximate surface area is 228 Å². The molecule has 1 fully saturated rings. The minimum Gasteiger partial charge on any atom is -0.492 e. The van der Waals surface area contributed by atoms with E-state index in [-0.39, 0.29) is 16.5 Å². The number of rotatable bonds is 10. The number of ether oxygens (including phenoxy) is 1. The number of carbonyl (C=O) groups is 2. The molecule has 1 N–H and O–H groups in total. The number of likely N-dealkylation sites (tertiary alicyclic amines) is 1. The number of sulfonamides is 1. The zero-order chi connectivity index (χ0) is 27.1. The van der Waals surface area contributed by atoms with Crippen molar-refractivity contribution in [3.63, 3.8) is 0 Å². The van der Waals surface area contributed by atoms with Gasteiger partial charge >= 0.3 is 0 Å². The molecule has 3 aromatic rings. The highest BCUT2D eigenvalue weighted by Gasteiger charge is 2.30. The van der Waals surface area contributed by atoms with Crippen LogP contribution in [0.5, 0.6) is 5.75 Å². The molecule has 1 aliphatic heterocycles. The van der Waals surface area contributed by atoms with E-state index >= 15 is 0 Å². The van der Waals surface area contributed by atoms with Crippen LogP contribution in [0.4, 0.5) is 11.4 Å². The number of para-hydroxylation sites is 3. The summed E-state index contributed by atoms with van der Waals surface area (Å²) in [6.45, 7) is 2.97. The minimum atomic E-state index is -4.14. The van der Waals surface area contributed by atoms with Crippen LogP contribution in [0.15, 0.2) is 82.6 Å². The minimum absolute atomic E-state index is 0.0546. The molecule has 38 heavy (non-hydrogen) atoms. The van der Waals surface area contributed by atoms with Gasteiger partial charge in [0.05, 0.1) is 28.4 Å². The first kappa shape index (κ1) is 27.5. The average Bonchev–Trinajstić information content (AvgIpc) is 3.47. The van der Waals surface area contributed by atoms with E-state index in [1.165, 1.54) is 23.9 Å². The van der Waals surface area contributed by atoms with Gasteiger partial charge < -0.3 is 15.0 Å². The number of carbonyl (C=O) groups excluding carboxylic acids is 2. The number of benzene rings is 3. The Morgan fingerprint density at radius 1 is 0.974 bits per heavy atom. The molecule has 0 aliphatic carbocycles. The first-order chi connectivity index (χ1) is 18.3. The maximum absolute atomic E-state index is 13.8. The third-order valence-electron chi connectivity index (χ3n) is 6.19. The smallest absolute Gasteiger partial charge is 0.264 e. The normalized spacial score (nSPS) is 13.3. The van der Waals surface area contributed by atoms with E-state index in [0.29, 0.717) is 36.7 Å². The Bertz CT molecular complexity index is 1390. The predicted octanol–water partition coefficient (Wildman–Crippen LogP) is 4.88. The second kappa shape index (κ2) is 12.4. The molecule has 0 radical (unpaired) electrons. The number of nitrogens with zero attached hydrogens (tertiary/aromatic N) is 2. The van der Waals surface area contributed by atoms with Crippen molar-refractivity contribution in [2.75, 3.05) is 42.1 Å². The van der Waals surface area contributed by atoms with E-state index in [9.17, 15) is 18.0 Å². The molecular formula is C28H31N3O5S2. The van der Waals surface area contributed by atoms with E-state index in [4.69, 9.17) is 4.74 Å². The van der Waals surface area contributed by atoms with Gasteiger partial charge in [-0.15, -0.1) is 11.8 Å². The number of amides is 2. The largest absolute Gasteiger partial charge is 0.492 e. The molecule has 4 rings (SSSR count). The fraction of sp³-hybridized carbons (Fsp3) is 0.286. The monoisotopic (exact) mass is 553 g/mol. The van der Waals surface area contributed by atoms with Gasteiger partial charge in [0.2, 0.25) is 5.91 Å². The van der Waals surface area contributed by atoms with Gasteiger partial charge in [-0.2, -0.15) is 0 Å². The van der Waals surface area contributed by atoms with Crippen molar-refractivity contribution in [2.45, 2.75) is 29.6 Å². The average molecular weight is 554 g/mol. The molecule has 8 nitrogen and oxygen atoms in total. The number of anilines is 2. The Kier molecular flexibility index (Phi) is 8.96. The van der Waals surface area contributed by atoms with Crippen molar-refractivity contribution in [3.05, 3.63) is 78.4 Å². The number of hydrogen-bond acceptors (Lipinski definition) is 6. The predicted molar refractivity (Wildman–Crippen MR) is 151 cm³/mol. The molecule has 0 aromatic heterocycles. The van der Waals surface area contributed by atoms with Crippen LogP contribution in [0.25, 0.3) is 0 Å². The van der Waals surface area contributed by atoms with Crippen LogP contribution in [-0.2, 0) is 14.8 Å². The molecule has 3 aromatic carbocycles. The highest BCUT2D eigenvalue weighted by atomic mass is 32.2. The van der Waals surface area contributed by atoms with Crippen LogP contribution in [0.1, 0.15) is 30.1 Å². The van der Waals surface area contributed by atoms with E-state index < -0.39 is 22.5 Å². The SMILES string of the molecule is CCOc1ccccc1N(CC(=O)Nc1ccccc1C(=O)N1CCCC1)S(=O)(=O)c1ccc(SC)cc1. The lowest BCUT2D eigenvalue weighted by Crippen LogP contribution is -2.38. The lowest BCUT2D eigenvalue weighted by molar-refractivity contribution is -0.114. The van der Waals surface area contributed by atoms with Crippen molar-refractivity contribution < 1.29 is 22.7 Å². The number of thioether (sulfide) groups is 1. The fourth-order valence-corrected chi connectivity index (χ4v) is 6.14. The van der Waals surface area contributed by atoms with Crippen molar-refractivity contribution in [3.8, 4) is 5.75 Å². The lowest BCUT2D eigenvalue weighted by Gasteiger charge is -2.26. The van der Waals surface area contributed by atoms with Crippen LogP contribution >= 0.6 is 11.8 Å². The molecule has 1 saturated heterocycles. The Morgan fingerprint density at radius 3 is 2.32 bits per heavy atom. The summed E-state index contributed by atoms with van der Waals surface area (Å²) in [6.07, 6.45) is 3.80. The van der Waals surface area contributed by atoms with Gasteiger partial charge in [0.15, 0.2) is 0 Å². The fourth-order valence-electron chi connectivity index (χ4n) is 4.30. The van der Waals surface area contributed by atoms with E-state index in [0.717, 1.165) is 22.0 Å². The van der Waals surface area contributed by atoms with Crippen LogP contribution in [0.2, 0.25) is 0 Å². The molecule has 1 aliphatic rings. The zero-order valence-corrected chi connectivity index (χ0v) is 23.1. The first-order valence-corrected chi connectivity index (χ1v) is 15.1. The molecular weight excluding hydrogens is 522 g/mol. The Balaban J connectivity index is 1.67. The molecule has 0 bridgehead atoms. The van der Waals surface area contributed by atoms with E-state index in [2.05, 4.69) is 5.32 Å². The van der Waals surface area contributed by atoms with Gasteiger partial charge in [-0.1, -0.05) is 24.3 Å². The first-order valence-electron chi connectivity index (χ1n) is 12.4. The van der Waals surface area contributed by atoms with Gasteiger partial charge in [-0.25, -0.2) is 8.42 Å². The molecule has 0 spiro atoms. The van der Waals surface area contributed by atoms with E-state index in [1.807, 2.05) is 6.26 Å². The van der Waals surface area contributed by atoms with Crippen molar-refractivity contribution in [1.82, 2.24) is 4.90 Å². The van der Waals surface area contributed by atoms with Crippen LogP contribution in [-0.4, -0.2) is 57.6 Å². The maximum Gasteiger partial charge on any atom is 0.264 e. The quantitative estimate of drug-likeness (QED) is 0.360. The highest BCUT2D eigenvalue weighted by molar-refractivity contribution is 7.98. The summed E-state index contributed by atoms with van der Waals surface area (Å²) in [5, 5.41) is 2.77.